The molecule has 1 aromatic heterocycles. The van der Waals surface area contributed by atoms with Gasteiger partial charge in [0.15, 0.2) is 0 Å². The van der Waals surface area contributed by atoms with Crippen molar-refractivity contribution in [2.24, 2.45) is 17.8 Å². The first kappa shape index (κ1) is 25.5. The highest BCUT2D eigenvalue weighted by molar-refractivity contribution is 9.10. The predicted molar refractivity (Wildman–Crippen MR) is 158 cm³/mol. The molecule has 40 heavy (non-hydrogen) atoms. The largest absolute Gasteiger partial charge is 0.335 e. The van der Waals surface area contributed by atoms with E-state index in [0.717, 1.165) is 49.8 Å². The molecule has 0 unspecified atom stereocenters. The van der Waals surface area contributed by atoms with Crippen molar-refractivity contribution in [3.63, 3.8) is 0 Å². The lowest BCUT2D eigenvalue weighted by atomic mass is 9.48. The van der Waals surface area contributed by atoms with E-state index in [1.165, 1.54) is 44.1 Å². The number of barbiturate groups is 1. The van der Waals surface area contributed by atoms with Gasteiger partial charge in [0.05, 0.1) is 5.69 Å². The third-order valence-electron chi connectivity index (χ3n) is 9.73. The fourth-order valence-corrected chi connectivity index (χ4v) is 8.66. The molecule has 8 rings (SSSR count). The molecule has 4 aliphatic carbocycles. The molecular weight excluding hydrogens is 566 g/mol. The van der Waals surface area contributed by atoms with Crippen molar-refractivity contribution >= 4 is 45.5 Å². The molecule has 2 aromatic carbocycles. The van der Waals surface area contributed by atoms with E-state index < -0.39 is 17.8 Å². The predicted octanol–water partition coefficient (Wildman–Crippen LogP) is 6.99. The minimum Gasteiger partial charge on any atom is -0.318 e. The molecular formula is C33H32BrN3O3. The smallest absolute Gasteiger partial charge is 0.318 e. The lowest BCUT2D eigenvalue weighted by molar-refractivity contribution is -0.122. The van der Waals surface area contributed by atoms with Crippen LogP contribution in [0.3, 0.4) is 0 Å². The minimum absolute atomic E-state index is 0.0548. The Labute approximate surface area is 242 Å². The number of rotatable bonds is 4. The third-order valence-corrected chi connectivity index (χ3v) is 10.3. The van der Waals surface area contributed by atoms with Crippen molar-refractivity contribution in [1.82, 2.24) is 9.88 Å². The number of aromatic nitrogens is 1. The van der Waals surface area contributed by atoms with Crippen LogP contribution in [0.4, 0.5) is 10.5 Å². The van der Waals surface area contributed by atoms with Crippen LogP contribution in [0.15, 0.2) is 64.6 Å². The van der Waals surface area contributed by atoms with Crippen LogP contribution in [0.2, 0.25) is 0 Å². The van der Waals surface area contributed by atoms with E-state index in [-0.39, 0.29) is 11.0 Å². The van der Waals surface area contributed by atoms with Crippen LogP contribution in [0.5, 0.6) is 0 Å². The summed E-state index contributed by atoms with van der Waals surface area (Å²) in [7, 11) is 0. The summed E-state index contributed by atoms with van der Waals surface area (Å²) in [6, 6.07) is 17.2. The number of urea groups is 1. The van der Waals surface area contributed by atoms with Gasteiger partial charge in [-0.1, -0.05) is 28.1 Å². The van der Waals surface area contributed by atoms with Crippen LogP contribution >= 0.6 is 15.9 Å². The Morgan fingerprint density at radius 2 is 1.43 bits per heavy atom. The van der Waals surface area contributed by atoms with Gasteiger partial charge in [0, 0.05) is 21.5 Å². The van der Waals surface area contributed by atoms with Gasteiger partial charge < -0.3 is 4.57 Å². The molecule has 0 atom stereocenters. The van der Waals surface area contributed by atoms with E-state index >= 15 is 0 Å². The van der Waals surface area contributed by atoms with Gasteiger partial charge in [-0.25, -0.2) is 9.69 Å². The summed E-state index contributed by atoms with van der Waals surface area (Å²) in [5.41, 5.74) is 5.60. The maximum Gasteiger partial charge on any atom is 0.335 e. The number of nitrogens with zero attached hydrogens (tertiary/aromatic N) is 2. The van der Waals surface area contributed by atoms with Gasteiger partial charge in [-0.05, 0) is 135 Å². The van der Waals surface area contributed by atoms with E-state index in [9.17, 15) is 14.4 Å². The summed E-state index contributed by atoms with van der Waals surface area (Å²) < 4.78 is 3.07. The molecule has 4 bridgehead atoms. The number of hydrogen-bond donors (Lipinski definition) is 1. The summed E-state index contributed by atoms with van der Waals surface area (Å²) in [5.74, 6) is 1.23. The number of benzene rings is 2. The molecule has 6 nitrogen and oxygen atoms in total. The van der Waals surface area contributed by atoms with Crippen molar-refractivity contribution in [1.29, 1.82) is 0 Å². The Hall–Kier alpha value is -3.45. The van der Waals surface area contributed by atoms with Crippen molar-refractivity contribution in [3.05, 3.63) is 87.2 Å². The topological polar surface area (TPSA) is 71.4 Å². The number of carbonyl (C=O) groups is 3. The Balaban J connectivity index is 1.19. The van der Waals surface area contributed by atoms with Crippen LogP contribution in [0.1, 0.15) is 61.0 Å². The second-order valence-electron chi connectivity index (χ2n) is 12.3. The van der Waals surface area contributed by atoms with Gasteiger partial charge in [-0.15, -0.1) is 0 Å². The number of imide groups is 2. The number of anilines is 1. The summed E-state index contributed by atoms with van der Waals surface area (Å²) in [5, 5.41) is 2.38. The normalized spacial score (nSPS) is 28.5. The molecule has 2 heterocycles. The number of amides is 4. The molecule has 5 aliphatic rings. The SMILES string of the molecule is Cc1cc(/C=C2\C(=O)NC(=O)N(c3ccc(C45CC6CC(CC(C6)C4)C5)cc3)C2=O)c(C)n1-c1ccc(Br)cc1. The highest BCUT2D eigenvalue weighted by Crippen LogP contribution is 2.60. The molecule has 1 aliphatic heterocycles. The number of nitrogens with one attached hydrogen (secondary N) is 1. The van der Waals surface area contributed by atoms with Crippen LogP contribution in [0, 0.1) is 31.6 Å². The summed E-state index contributed by atoms with van der Waals surface area (Å²) in [6.45, 7) is 3.94. The zero-order valence-corrected chi connectivity index (χ0v) is 24.3. The van der Waals surface area contributed by atoms with Crippen molar-refractivity contribution in [3.8, 4) is 5.69 Å². The molecule has 1 saturated heterocycles. The van der Waals surface area contributed by atoms with Gasteiger partial charge in [-0.2, -0.15) is 0 Å². The molecule has 3 aromatic rings. The van der Waals surface area contributed by atoms with Crippen molar-refractivity contribution in [2.75, 3.05) is 4.90 Å². The lowest BCUT2D eigenvalue weighted by Gasteiger charge is -2.57. The molecule has 4 saturated carbocycles. The standard InChI is InChI=1S/C33H32BrN3O3/c1-19-11-24(20(2)36(19)27-9-5-26(34)6-10-27)15-29-30(38)35-32(40)37(31(29)39)28-7-3-25(4-8-28)33-16-21-12-22(17-33)14-23(13-21)18-33/h3-11,15,21-23H,12-14,16-18H2,1-2H3,(H,35,38,40)/b29-15+. The van der Waals surface area contributed by atoms with Gasteiger partial charge in [0.2, 0.25) is 0 Å². The zero-order chi connectivity index (χ0) is 27.8. The van der Waals surface area contributed by atoms with Gasteiger partial charge in [0.1, 0.15) is 5.57 Å². The summed E-state index contributed by atoms with van der Waals surface area (Å²) in [4.78, 5) is 40.5. The van der Waals surface area contributed by atoms with Crippen molar-refractivity contribution in [2.45, 2.75) is 57.8 Å². The first-order chi connectivity index (χ1) is 19.2. The van der Waals surface area contributed by atoms with E-state index in [2.05, 4.69) is 37.9 Å². The average molecular weight is 599 g/mol. The van der Waals surface area contributed by atoms with Crippen LogP contribution in [-0.4, -0.2) is 22.4 Å². The maximum absolute atomic E-state index is 13.6. The van der Waals surface area contributed by atoms with E-state index in [4.69, 9.17) is 0 Å². The molecule has 204 valence electrons. The average Bonchev–Trinajstić information content (AvgIpc) is 3.19. The van der Waals surface area contributed by atoms with Crippen LogP contribution in [-0.2, 0) is 15.0 Å². The Kier molecular flexibility index (Phi) is 5.93. The second kappa shape index (κ2) is 9.30. The Bertz CT molecular complexity index is 1550. The van der Waals surface area contributed by atoms with Crippen molar-refractivity contribution < 1.29 is 14.4 Å². The van der Waals surface area contributed by atoms with Crippen LogP contribution < -0.4 is 10.2 Å². The molecule has 5 fully saturated rings. The maximum atomic E-state index is 13.6. The first-order valence-electron chi connectivity index (χ1n) is 14.2. The van der Waals surface area contributed by atoms with E-state index in [0.29, 0.717) is 5.69 Å². The molecule has 4 amide bonds. The number of halogens is 1. The Morgan fingerprint density at radius 3 is 2.02 bits per heavy atom. The molecule has 1 N–H and O–H groups in total. The summed E-state index contributed by atoms with van der Waals surface area (Å²) in [6.07, 6.45) is 9.50. The number of hydrogen-bond acceptors (Lipinski definition) is 3. The fourth-order valence-electron chi connectivity index (χ4n) is 8.40. The van der Waals surface area contributed by atoms with Crippen LogP contribution in [0.25, 0.3) is 11.8 Å². The van der Waals surface area contributed by atoms with Gasteiger partial charge >= 0.3 is 6.03 Å². The Morgan fingerprint density at radius 1 is 0.850 bits per heavy atom. The van der Waals surface area contributed by atoms with Gasteiger partial charge in [0.25, 0.3) is 11.8 Å². The first-order valence-corrected chi connectivity index (χ1v) is 15.0. The second-order valence-corrected chi connectivity index (χ2v) is 13.3. The molecule has 7 heteroatoms. The minimum atomic E-state index is -0.713. The number of aryl methyl sites for hydroxylation is 1. The van der Waals surface area contributed by atoms with E-state index in [1.807, 2.05) is 56.3 Å². The lowest BCUT2D eigenvalue weighted by Crippen LogP contribution is -2.54. The van der Waals surface area contributed by atoms with Gasteiger partial charge in [-0.3, -0.25) is 14.9 Å². The zero-order valence-electron chi connectivity index (χ0n) is 22.7. The van der Waals surface area contributed by atoms with E-state index in [1.54, 1.807) is 6.08 Å². The third kappa shape index (κ3) is 4.09. The summed E-state index contributed by atoms with van der Waals surface area (Å²) >= 11 is 3.48. The fraction of sp³-hybridized carbons (Fsp3) is 0.364. The highest BCUT2D eigenvalue weighted by Gasteiger charge is 2.51. The monoisotopic (exact) mass is 597 g/mol. The molecule has 0 radical (unpaired) electrons. The quantitative estimate of drug-likeness (QED) is 0.260. The highest BCUT2D eigenvalue weighted by atomic mass is 79.9. The molecule has 0 spiro atoms. The number of carbonyl (C=O) groups excluding carboxylic acids is 3.